The molecule has 35 heavy (non-hydrogen) atoms. The molecule has 0 amide bonds. The second-order valence-electron chi connectivity index (χ2n) is 8.65. The number of para-hydroxylation sites is 2. The molecule has 5 rings (SSSR count). The molecule has 176 valence electrons. The van der Waals surface area contributed by atoms with Crippen molar-refractivity contribution < 1.29 is 0 Å². The van der Waals surface area contributed by atoms with Crippen molar-refractivity contribution in [1.29, 1.82) is 0 Å². The number of thioether (sulfide) groups is 1. The Morgan fingerprint density at radius 1 is 0.829 bits per heavy atom. The molecule has 1 atom stereocenters. The minimum Gasteiger partial charge on any atom is -0.299 e. The summed E-state index contributed by atoms with van der Waals surface area (Å²) >= 11 is 1.40. The van der Waals surface area contributed by atoms with Crippen molar-refractivity contribution in [3.63, 3.8) is 0 Å². The Balaban J connectivity index is 1.60. The molecule has 0 saturated carbocycles. The quantitative estimate of drug-likeness (QED) is 0.238. The van der Waals surface area contributed by atoms with Gasteiger partial charge in [0.15, 0.2) is 5.16 Å². The summed E-state index contributed by atoms with van der Waals surface area (Å²) in [5.74, 6) is 1.47. The largest absolute Gasteiger partial charge is 0.299 e. The maximum Gasteiger partial charge on any atom is 0.266 e. The van der Waals surface area contributed by atoms with E-state index in [9.17, 15) is 9.59 Å². The minimum absolute atomic E-state index is 0.0873. The molecule has 2 aromatic heterocycles. The van der Waals surface area contributed by atoms with Crippen molar-refractivity contribution in [2.75, 3.05) is 0 Å². The lowest BCUT2D eigenvalue weighted by Crippen LogP contribution is -2.23. The zero-order valence-electron chi connectivity index (χ0n) is 19.9. The van der Waals surface area contributed by atoms with Gasteiger partial charge >= 0.3 is 0 Å². The zero-order chi connectivity index (χ0) is 24.5. The van der Waals surface area contributed by atoms with Gasteiger partial charge < -0.3 is 0 Å². The van der Waals surface area contributed by atoms with E-state index in [0.717, 1.165) is 12.1 Å². The zero-order valence-corrected chi connectivity index (χ0v) is 20.7. The van der Waals surface area contributed by atoms with E-state index in [1.54, 1.807) is 28.3 Å². The highest BCUT2D eigenvalue weighted by Gasteiger charge is 2.16. The lowest BCUT2D eigenvalue weighted by Gasteiger charge is -2.15. The topological polar surface area (TPSA) is 69.8 Å². The molecule has 0 N–H and O–H groups in total. The van der Waals surface area contributed by atoms with Crippen LogP contribution < -0.4 is 11.1 Å². The lowest BCUT2D eigenvalue weighted by atomic mass is 9.98. The second-order valence-corrected chi connectivity index (χ2v) is 9.59. The average molecular weight is 483 g/mol. The monoisotopic (exact) mass is 482 g/mol. The fourth-order valence-electron chi connectivity index (χ4n) is 4.15. The third-order valence-electron chi connectivity index (χ3n) is 6.48. The molecule has 5 aromatic rings. The third-order valence-corrected chi connectivity index (χ3v) is 7.42. The number of nitrogens with zero attached hydrogens (tertiary/aromatic N) is 4. The molecule has 1 unspecified atom stereocenters. The number of benzene rings is 3. The van der Waals surface area contributed by atoms with Crippen LogP contribution in [0.15, 0.2) is 87.5 Å². The predicted molar refractivity (Wildman–Crippen MR) is 143 cm³/mol. The first kappa shape index (κ1) is 23.1. The Bertz CT molecular complexity index is 1650. The molecular weight excluding hydrogens is 456 g/mol. The van der Waals surface area contributed by atoms with Gasteiger partial charge in [-0.1, -0.05) is 62.0 Å². The molecule has 0 aliphatic heterocycles. The summed E-state index contributed by atoms with van der Waals surface area (Å²) in [6, 6.07) is 22.8. The van der Waals surface area contributed by atoms with Crippen molar-refractivity contribution in [3.8, 4) is 5.69 Å². The van der Waals surface area contributed by atoms with E-state index in [0.29, 0.717) is 44.5 Å². The van der Waals surface area contributed by atoms with E-state index in [1.807, 2.05) is 48.5 Å². The maximum absolute atomic E-state index is 13.6. The van der Waals surface area contributed by atoms with Crippen LogP contribution >= 0.6 is 11.8 Å². The van der Waals surface area contributed by atoms with Crippen LogP contribution in [0.5, 0.6) is 0 Å². The van der Waals surface area contributed by atoms with Crippen LogP contribution in [0.25, 0.3) is 27.5 Å². The van der Waals surface area contributed by atoms with Gasteiger partial charge in [-0.05, 0) is 54.3 Å². The number of hydrogen-bond acceptors (Lipinski definition) is 5. The lowest BCUT2D eigenvalue weighted by molar-refractivity contribution is 0.732. The van der Waals surface area contributed by atoms with Crippen LogP contribution in [0.4, 0.5) is 0 Å². The first-order valence-corrected chi connectivity index (χ1v) is 12.7. The van der Waals surface area contributed by atoms with Crippen LogP contribution in [-0.4, -0.2) is 19.1 Å². The van der Waals surface area contributed by atoms with Crippen molar-refractivity contribution >= 4 is 33.6 Å². The normalized spacial score (nSPS) is 12.3. The number of rotatable bonds is 6. The number of fused-ring (bicyclic) bond motifs is 2. The van der Waals surface area contributed by atoms with Gasteiger partial charge in [-0.15, -0.1) is 0 Å². The molecular formula is C28H26N4O2S. The van der Waals surface area contributed by atoms with Gasteiger partial charge in [0.25, 0.3) is 11.1 Å². The summed E-state index contributed by atoms with van der Waals surface area (Å²) < 4.78 is 3.23. The van der Waals surface area contributed by atoms with Crippen molar-refractivity contribution in [2.24, 2.45) is 7.05 Å². The van der Waals surface area contributed by atoms with Crippen LogP contribution in [-0.2, 0) is 12.8 Å². The van der Waals surface area contributed by atoms with Crippen LogP contribution in [0.2, 0.25) is 0 Å². The van der Waals surface area contributed by atoms with E-state index in [4.69, 9.17) is 9.97 Å². The summed E-state index contributed by atoms with van der Waals surface area (Å²) in [5.41, 5.74) is 3.11. The SMILES string of the molecule is CCC(C)c1ccc(-n2c(SCc3nc4ccccc4c(=O)n3C)nc3ccccc3c2=O)cc1. The molecule has 0 aliphatic carbocycles. The van der Waals surface area contributed by atoms with Crippen LogP contribution in [0.1, 0.15) is 37.6 Å². The van der Waals surface area contributed by atoms with Gasteiger partial charge in [0.05, 0.1) is 33.2 Å². The van der Waals surface area contributed by atoms with Gasteiger partial charge in [-0.2, -0.15) is 0 Å². The summed E-state index contributed by atoms with van der Waals surface area (Å²) in [4.78, 5) is 35.9. The standard InChI is InChI=1S/C28H26N4O2S/c1-4-18(2)19-13-15-20(16-14-19)32-27(34)22-10-6-8-12-24(22)30-28(32)35-17-25-29-23-11-7-5-9-21(23)26(33)31(25)3/h5-16,18H,4,17H2,1-3H3. The Labute approximate surface area is 207 Å². The van der Waals surface area contributed by atoms with Gasteiger partial charge in [-0.25, -0.2) is 9.97 Å². The van der Waals surface area contributed by atoms with Crippen molar-refractivity contribution in [2.45, 2.75) is 37.1 Å². The maximum atomic E-state index is 13.6. The summed E-state index contributed by atoms with van der Waals surface area (Å²) in [6.45, 7) is 4.36. The van der Waals surface area contributed by atoms with Gasteiger partial charge in [0.2, 0.25) is 0 Å². The average Bonchev–Trinajstić information content (AvgIpc) is 2.90. The van der Waals surface area contributed by atoms with Crippen molar-refractivity contribution in [3.05, 3.63) is 105 Å². The predicted octanol–water partition coefficient (Wildman–Crippen LogP) is 5.44. The summed E-state index contributed by atoms with van der Waals surface area (Å²) in [5, 5.41) is 1.72. The van der Waals surface area contributed by atoms with E-state index in [-0.39, 0.29) is 11.1 Å². The van der Waals surface area contributed by atoms with Gasteiger partial charge in [0.1, 0.15) is 5.82 Å². The highest BCUT2D eigenvalue weighted by Crippen LogP contribution is 2.26. The van der Waals surface area contributed by atoms with Crippen LogP contribution in [0.3, 0.4) is 0 Å². The molecule has 0 aliphatic rings. The first-order chi connectivity index (χ1) is 17.0. The third kappa shape index (κ3) is 4.28. The van der Waals surface area contributed by atoms with Crippen molar-refractivity contribution in [1.82, 2.24) is 19.1 Å². The highest BCUT2D eigenvalue weighted by molar-refractivity contribution is 7.98. The van der Waals surface area contributed by atoms with E-state index >= 15 is 0 Å². The number of hydrogen-bond donors (Lipinski definition) is 0. The Morgan fingerprint density at radius 2 is 1.43 bits per heavy atom. The Morgan fingerprint density at radius 3 is 2.09 bits per heavy atom. The molecule has 0 radical (unpaired) electrons. The highest BCUT2D eigenvalue weighted by atomic mass is 32.2. The molecule has 7 heteroatoms. The summed E-state index contributed by atoms with van der Waals surface area (Å²) in [7, 11) is 1.73. The molecule has 6 nitrogen and oxygen atoms in total. The summed E-state index contributed by atoms with van der Waals surface area (Å²) in [6.07, 6.45) is 1.05. The minimum atomic E-state index is -0.116. The fraction of sp³-hybridized carbons (Fsp3) is 0.214. The van der Waals surface area contributed by atoms with E-state index < -0.39 is 0 Å². The van der Waals surface area contributed by atoms with E-state index in [2.05, 4.69) is 26.0 Å². The Kier molecular flexibility index (Phi) is 6.26. The van der Waals surface area contributed by atoms with E-state index in [1.165, 1.54) is 17.3 Å². The Hall–Kier alpha value is -3.71. The molecule has 0 spiro atoms. The smallest absolute Gasteiger partial charge is 0.266 e. The molecule has 0 bridgehead atoms. The number of aromatic nitrogens is 4. The van der Waals surface area contributed by atoms with Gasteiger partial charge in [-0.3, -0.25) is 18.7 Å². The fourth-order valence-corrected chi connectivity index (χ4v) is 5.14. The second kappa shape index (κ2) is 9.50. The molecule has 0 fully saturated rings. The molecule has 3 aromatic carbocycles. The van der Waals surface area contributed by atoms with Crippen LogP contribution in [0, 0.1) is 0 Å². The first-order valence-electron chi connectivity index (χ1n) is 11.7. The molecule has 0 saturated heterocycles. The van der Waals surface area contributed by atoms with Gasteiger partial charge in [0, 0.05) is 7.05 Å². The molecule has 2 heterocycles.